The highest BCUT2D eigenvalue weighted by atomic mass is 127. The summed E-state index contributed by atoms with van der Waals surface area (Å²) in [5, 5.41) is 3.03. The molecule has 1 aromatic heterocycles. The number of benzene rings is 1. The monoisotopic (exact) mass is 486 g/mol. The number of halogens is 3. The molecule has 1 saturated carbocycles. The summed E-state index contributed by atoms with van der Waals surface area (Å²) in [6, 6.07) is 11.2. The molecule has 1 aliphatic carbocycles. The predicted octanol–water partition coefficient (Wildman–Crippen LogP) is 5.21. The number of amides is 1. The maximum atomic E-state index is 13.4. The third-order valence-corrected chi connectivity index (χ3v) is 5.15. The van der Waals surface area contributed by atoms with Crippen molar-refractivity contribution in [2.24, 2.45) is 0 Å². The van der Waals surface area contributed by atoms with Crippen molar-refractivity contribution in [2.45, 2.75) is 48.7 Å². The topological polar surface area (TPSA) is 51.2 Å². The molecule has 3 rings (SSSR count). The number of alkyl halides is 3. The van der Waals surface area contributed by atoms with Gasteiger partial charge in [0.15, 0.2) is 0 Å². The zero-order valence-corrected chi connectivity index (χ0v) is 16.9. The molecular formula is C20H21F2IN2O2. The van der Waals surface area contributed by atoms with Gasteiger partial charge in [-0.2, -0.15) is 8.78 Å². The third-order valence-electron chi connectivity index (χ3n) is 4.53. The summed E-state index contributed by atoms with van der Waals surface area (Å²) < 4.78 is 29.4. The van der Waals surface area contributed by atoms with Crippen molar-refractivity contribution in [3.63, 3.8) is 0 Å². The molecule has 0 bridgehead atoms. The molecule has 1 amide bonds. The zero-order valence-electron chi connectivity index (χ0n) is 14.8. The first-order chi connectivity index (χ1) is 12.9. The molecule has 27 heavy (non-hydrogen) atoms. The number of ether oxygens (including phenoxy) is 1. The number of nitrogens with zero attached hydrogens (tertiary/aromatic N) is 1. The van der Waals surface area contributed by atoms with Crippen molar-refractivity contribution in [1.82, 2.24) is 10.3 Å². The van der Waals surface area contributed by atoms with Gasteiger partial charge in [-0.1, -0.05) is 37.5 Å². The number of rotatable bonds is 6. The molecule has 0 unspecified atom stereocenters. The maximum absolute atomic E-state index is 13.4. The van der Waals surface area contributed by atoms with E-state index in [4.69, 9.17) is 4.74 Å². The molecule has 1 heterocycles. The summed E-state index contributed by atoms with van der Waals surface area (Å²) in [6.45, 7) is 0.0980. The van der Waals surface area contributed by atoms with Crippen molar-refractivity contribution >= 4 is 28.5 Å². The average Bonchev–Trinajstić information content (AvgIpc) is 2.67. The number of pyridine rings is 1. The molecule has 0 saturated heterocycles. The Morgan fingerprint density at radius 2 is 1.93 bits per heavy atom. The number of carbonyl (C=O) groups excluding carboxylic acids is 1. The molecule has 1 N–H and O–H groups in total. The van der Waals surface area contributed by atoms with Crippen molar-refractivity contribution in [3.05, 3.63) is 59.4 Å². The largest absolute Gasteiger partial charge is 0.487 e. The summed E-state index contributed by atoms with van der Waals surface area (Å²) in [5.74, 6) is 0.151. The van der Waals surface area contributed by atoms with Crippen LogP contribution < -0.4 is 10.1 Å². The lowest BCUT2D eigenvalue weighted by Crippen LogP contribution is -2.36. The molecule has 1 aliphatic rings. The van der Waals surface area contributed by atoms with Gasteiger partial charge >= 0.3 is 3.93 Å². The van der Waals surface area contributed by atoms with E-state index in [1.807, 2.05) is 0 Å². The van der Waals surface area contributed by atoms with Gasteiger partial charge in [-0.15, -0.1) is 0 Å². The summed E-state index contributed by atoms with van der Waals surface area (Å²) in [4.78, 5) is 16.7. The highest BCUT2D eigenvalue weighted by Gasteiger charge is 2.27. The van der Waals surface area contributed by atoms with Crippen molar-refractivity contribution in [1.29, 1.82) is 0 Å². The standard InChI is InChI=1S/C20H21F2IN2O2/c21-20(22,23)14-6-4-10-17(12-14)27-13-16-9-5-11-18(24-16)19(26)25-15-7-2-1-3-8-15/h4-6,9-12,15H,1-3,7-8,13H2,(H,25,26). The Balaban J connectivity index is 1.61. The van der Waals surface area contributed by atoms with Crippen LogP contribution in [0.1, 0.15) is 53.8 Å². The number of nitrogens with one attached hydrogen (secondary N) is 1. The van der Waals surface area contributed by atoms with Crippen LogP contribution in [0.25, 0.3) is 0 Å². The van der Waals surface area contributed by atoms with Crippen LogP contribution in [0, 0.1) is 0 Å². The summed E-state index contributed by atoms with van der Waals surface area (Å²) in [6.07, 6.45) is 5.52. The second-order valence-corrected chi connectivity index (χ2v) is 7.99. The fourth-order valence-corrected chi connectivity index (χ4v) is 3.45. The van der Waals surface area contributed by atoms with E-state index in [-0.39, 0.29) is 24.1 Å². The van der Waals surface area contributed by atoms with Gasteiger partial charge in [0.25, 0.3) is 5.91 Å². The van der Waals surface area contributed by atoms with E-state index >= 15 is 0 Å². The van der Waals surface area contributed by atoms with Crippen LogP contribution in [0.4, 0.5) is 8.78 Å². The van der Waals surface area contributed by atoms with E-state index < -0.39 is 3.93 Å². The van der Waals surface area contributed by atoms with Crippen LogP contribution in [0.3, 0.4) is 0 Å². The minimum absolute atomic E-state index is 0.0980. The molecule has 1 fully saturated rings. The van der Waals surface area contributed by atoms with Crippen LogP contribution in [0.2, 0.25) is 0 Å². The molecule has 0 radical (unpaired) electrons. The molecule has 2 aromatic rings. The Bertz CT molecular complexity index is 790. The van der Waals surface area contributed by atoms with E-state index in [0.717, 1.165) is 48.3 Å². The van der Waals surface area contributed by atoms with E-state index in [0.29, 0.717) is 17.1 Å². The minimum atomic E-state index is -2.95. The van der Waals surface area contributed by atoms with Gasteiger partial charge in [0.05, 0.1) is 5.69 Å². The molecule has 144 valence electrons. The Labute approximate surface area is 170 Å². The Hall–Kier alpha value is -1.77. The van der Waals surface area contributed by atoms with E-state index in [2.05, 4.69) is 10.3 Å². The SMILES string of the molecule is O=C(NC1CCCCC1)c1cccc(COc2cccc(C(F)(F)I)c2)n1. The molecule has 0 atom stereocenters. The smallest absolute Gasteiger partial charge is 0.321 e. The van der Waals surface area contributed by atoms with Crippen LogP contribution in [-0.2, 0) is 10.5 Å². The molecule has 4 nitrogen and oxygen atoms in total. The van der Waals surface area contributed by atoms with Gasteiger partial charge in [0, 0.05) is 34.2 Å². The lowest BCUT2D eigenvalue weighted by Gasteiger charge is -2.22. The second kappa shape index (κ2) is 8.95. The summed E-state index contributed by atoms with van der Waals surface area (Å²) in [7, 11) is 0. The number of hydrogen-bond donors (Lipinski definition) is 1. The first-order valence-electron chi connectivity index (χ1n) is 8.99. The Morgan fingerprint density at radius 1 is 1.19 bits per heavy atom. The lowest BCUT2D eigenvalue weighted by molar-refractivity contribution is 0.0922. The van der Waals surface area contributed by atoms with Crippen LogP contribution in [0.5, 0.6) is 5.75 Å². The summed E-state index contributed by atoms with van der Waals surface area (Å²) in [5.41, 5.74) is 0.793. The molecule has 0 aliphatic heterocycles. The first kappa shape index (κ1) is 20.0. The number of aromatic nitrogens is 1. The van der Waals surface area contributed by atoms with Crippen molar-refractivity contribution in [2.75, 3.05) is 0 Å². The Morgan fingerprint density at radius 3 is 2.67 bits per heavy atom. The fraction of sp³-hybridized carbons (Fsp3) is 0.400. The molecular weight excluding hydrogens is 465 g/mol. The van der Waals surface area contributed by atoms with Crippen molar-refractivity contribution < 1.29 is 18.3 Å². The van der Waals surface area contributed by atoms with Gasteiger partial charge in [-0.3, -0.25) is 4.79 Å². The van der Waals surface area contributed by atoms with E-state index in [9.17, 15) is 13.6 Å². The highest BCUT2D eigenvalue weighted by molar-refractivity contribution is 14.1. The minimum Gasteiger partial charge on any atom is -0.487 e. The van der Waals surface area contributed by atoms with Gasteiger partial charge in [-0.05, 0) is 37.1 Å². The zero-order chi connectivity index (χ0) is 19.3. The quantitative estimate of drug-likeness (QED) is 0.451. The van der Waals surface area contributed by atoms with Crippen LogP contribution in [-0.4, -0.2) is 16.9 Å². The van der Waals surface area contributed by atoms with Crippen LogP contribution in [0.15, 0.2) is 42.5 Å². The highest BCUT2D eigenvalue weighted by Crippen LogP contribution is 2.36. The summed E-state index contributed by atoms with van der Waals surface area (Å²) >= 11 is 1.09. The van der Waals surface area contributed by atoms with E-state index in [1.54, 1.807) is 24.3 Å². The molecule has 1 aromatic carbocycles. The predicted molar refractivity (Wildman–Crippen MR) is 107 cm³/mol. The van der Waals surface area contributed by atoms with Gasteiger partial charge in [-0.25, -0.2) is 4.98 Å². The van der Waals surface area contributed by atoms with Gasteiger partial charge in [0.1, 0.15) is 18.1 Å². The maximum Gasteiger partial charge on any atom is 0.321 e. The van der Waals surface area contributed by atoms with Crippen LogP contribution >= 0.6 is 22.6 Å². The Kier molecular flexibility index (Phi) is 6.62. The number of hydrogen-bond acceptors (Lipinski definition) is 3. The molecule has 0 spiro atoms. The normalized spacial score (nSPS) is 15.4. The van der Waals surface area contributed by atoms with Gasteiger partial charge < -0.3 is 10.1 Å². The fourth-order valence-electron chi connectivity index (χ4n) is 3.11. The van der Waals surface area contributed by atoms with Crippen molar-refractivity contribution in [3.8, 4) is 5.75 Å². The number of carbonyl (C=O) groups is 1. The third kappa shape index (κ3) is 5.85. The lowest BCUT2D eigenvalue weighted by atomic mass is 9.95. The van der Waals surface area contributed by atoms with Gasteiger partial charge in [0.2, 0.25) is 0 Å². The molecule has 7 heteroatoms. The second-order valence-electron chi connectivity index (χ2n) is 6.64. The first-order valence-corrected chi connectivity index (χ1v) is 10.1. The van der Waals surface area contributed by atoms with E-state index in [1.165, 1.54) is 24.6 Å². The average molecular weight is 486 g/mol.